The monoisotopic (exact) mass is 442 g/mol. The van der Waals surface area contributed by atoms with E-state index in [1.807, 2.05) is 18.2 Å². The highest BCUT2D eigenvalue weighted by molar-refractivity contribution is 5.83. The van der Waals surface area contributed by atoms with Crippen molar-refractivity contribution >= 4 is 12.1 Å². The molecule has 0 aliphatic carbocycles. The Morgan fingerprint density at radius 1 is 0.875 bits per heavy atom. The lowest BCUT2D eigenvalue weighted by Crippen LogP contribution is -2.24. The molecule has 0 heterocycles. The molecule has 1 N–H and O–H groups in total. The topological polar surface area (TPSA) is 78.4 Å². The molecule has 7 heteroatoms. The van der Waals surface area contributed by atoms with Gasteiger partial charge in [-0.05, 0) is 54.4 Å². The molecular weight excluding hydrogens is 408 g/mol. The molecule has 2 aromatic rings. The summed E-state index contributed by atoms with van der Waals surface area (Å²) in [4.78, 5) is 11.9. The minimum Gasteiger partial charge on any atom is -0.494 e. The highest BCUT2D eigenvalue weighted by atomic mass is 16.5. The zero-order valence-corrected chi connectivity index (χ0v) is 19.3. The van der Waals surface area contributed by atoms with Gasteiger partial charge in [0, 0.05) is 0 Å². The molecule has 0 aliphatic rings. The number of unbranched alkanes of at least 4 members (excludes halogenated alkanes) is 5. The van der Waals surface area contributed by atoms with Crippen molar-refractivity contribution in [3.05, 3.63) is 48.0 Å². The lowest BCUT2D eigenvalue weighted by atomic mass is 10.1. The lowest BCUT2D eigenvalue weighted by Gasteiger charge is -2.08. The normalized spacial score (nSPS) is 10.7. The number of hydrogen-bond donors (Lipinski definition) is 1. The summed E-state index contributed by atoms with van der Waals surface area (Å²) in [5.41, 5.74) is 3.20. The van der Waals surface area contributed by atoms with Gasteiger partial charge in [0.25, 0.3) is 5.91 Å². The van der Waals surface area contributed by atoms with Gasteiger partial charge < -0.3 is 18.9 Å². The molecule has 0 radical (unpaired) electrons. The number of carbonyl (C=O) groups is 1. The van der Waals surface area contributed by atoms with Crippen LogP contribution in [0.25, 0.3) is 0 Å². The van der Waals surface area contributed by atoms with Gasteiger partial charge in [0.2, 0.25) is 0 Å². The molecule has 0 spiro atoms. The van der Waals surface area contributed by atoms with Gasteiger partial charge in [0.05, 0.1) is 27.0 Å². The quantitative estimate of drug-likeness (QED) is 0.239. The molecule has 0 unspecified atom stereocenters. The summed E-state index contributed by atoms with van der Waals surface area (Å²) in [6.07, 6.45) is 8.93. The van der Waals surface area contributed by atoms with E-state index in [-0.39, 0.29) is 12.5 Å². The van der Waals surface area contributed by atoms with Crippen LogP contribution in [0.3, 0.4) is 0 Å². The van der Waals surface area contributed by atoms with Gasteiger partial charge in [0.1, 0.15) is 11.5 Å². The lowest BCUT2D eigenvalue weighted by molar-refractivity contribution is -0.123. The maximum atomic E-state index is 11.9. The predicted octanol–water partition coefficient (Wildman–Crippen LogP) is 4.97. The van der Waals surface area contributed by atoms with E-state index in [4.69, 9.17) is 18.9 Å². The van der Waals surface area contributed by atoms with Gasteiger partial charge in [0.15, 0.2) is 18.1 Å². The van der Waals surface area contributed by atoms with Crippen LogP contribution >= 0.6 is 0 Å². The van der Waals surface area contributed by atoms with Crippen molar-refractivity contribution in [3.63, 3.8) is 0 Å². The van der Waals surface area contributed by atoms with E-state index in [0.29, 0.717) is 23.9 Å². The van der Waals surface area contributed by atoms with E-state index in [0.717, 1.165) is 17.7 Å². The molecule has 0 bridgehead atoms. The second-order valence-electron chi connectivity index (χ2n) is 7.28. The Morgan fingerprint density at radius 2 is 1.53 bits per heavy atom. The molecule has 0 aliphatic heterocycles. The number of ether oxygens (including phenoxy) is 4. The van der Waals surface area contributed by atoms with Crippen molar-refractivity contribution in [2.75, 3.05) is 27.4 Å². The van der Waals surface area contributed by atoms with Crippen molar-refractivity contribution in [1.82, 2.24) is 5.43 Å². The minimum absolute atomic E-state index is 0.138. The molecule has 0 saturated carbocycles. The number of amides is 1. The van der Waals surface area contributed by atoms with E-state index in [1.54, 1.807) is 38.5 Å². The molecule has 0 saturated heterocycles. The molecule has 32 heavy (non-hydrogen) atoms. The highest BCUT2D eigenvalue weighted by Crippen LogP contribution is 2.26. The summed E-state index contributed by atoms with van der Waals surface area (Å²) in [6.45, 7) is 2.80. The molecular formula is C25H34N2O5. The first kappa shape index (κ1) is 25.0. The highest BCUT2D eigenvalue weighted by Gasteiger charge is 2.04. The SMILES string of the molecule is CCCCCCCCOc1ccc(OCC(=O)NN=Cc2ccc(OC)c(OC)c2)cc1. The summed E-state index contributed by atoms with van der Waals surface area (Å²) in [6, 6.07) is 12.6. The summed E-state index contributed by atoms with van der Waals surface area (Å²) in [5, 5.41) is 3.94. The zero-order valence-electron chi connectivity index (χ0n) is 19.3. The smallest absolute Gasteiger partial charge is 0.277 e. The third kappa shape index (κ3) is 9.29. The van der Waals surface area contributed by atoms with Gasteiger partial charge in [-0.2, -0.15) is 5.10 Å². The van der Waals surface area contributed by atoms with Gasteiger partial charge in [-0.15, -0.1) is 0 Å². The number of benzene rings is 2. The van der Waals surface area contributed by atoms with Crippen molar-refractivity contribution in [1.29, 1.82) is 0 Å². The number of nitrogens with zero attached hydrogens (tertiary/aromatic N) is 1. The van der Waals surface area contributed by atoms with Crippen molar-refractivity contribution < 1.29 is 23.7 Å². The van der Waals surface area contributed by atoms with Crippen LogP contribution in [0.15, 0.2) is 47.6 Å². The maximum Gasteiger partial charge on any atom is 0.277 e. The van der Waals surface area contributed by atoms with Crippen molar-refractivity contribution in [2.24, 2.45) is 5.10 Å². The first-order valence-electron chi connectivity index (χ1n) is 11.1. The van der Waals surface area contributed by atoms with Crippen LogP contribution in [0.1, 0.15) is 51.0 Å². The first-order valence-corrected chi connectivity index (χ1v) is 11.1. The maximum absolute atomic E-state index is 11.9. The first-order chi connectivity index (χ1) is 15.7. The van der Waals surface area contributed by atoms with Crippen LogP contribution < -0.4 is 24.4 Å². The van der Waals surface area contributed by atoms with E-state index < -0.39 is 0 Å². The Balaban J connectivity index is 1.67. The average Bonchev–Trinajstić information content (AvgIpc) is 2.82. The van der Waals surface area contributed by atoms with Crippen LogP contribution in [0, 0.1) is 0 Å². The van der Waals surface area contributed by atoms with E-state index in [2.05, 4.69) is 17.5 Å². The number of hydrazone groups is 1. The molecule has 174 valence electrons. The fourth-order valence-corrected chi connectivity index (χ4v) is 3.00. The number of rotatable bonds is 15. The van der Waals surface area contributed by atoms with E-state index in [9.17, 15) is 4.79 Å². The van der Waals surface area contributed by atoms with Crippen molar-refractivity contribution in [2.45, 2.75) is 45.4 Å². The van der Waals surface area contributed by atoms with Crippen LogP contribution in [0.4, 0.5) is 0 Å². The minimum atomic E-state index is -0.356. The summed E-state index contributed by atoms with van der Waals surface area (Å²) >= 11 is 0. The van der Waals surface area contributed by atoms with Gasteiger partial charge in [-0.3, -0.25) is 4.79 Å². The van der Waals surface area contributed by atoms with Crippen LogP contribution in [0.2, 0.25) is 0 Å². The van der Waals surface area contributed by atoms with Crippen LogP contribution in [-0.2, 0) is 4.79 Å². The zero-order chi connectivity index (χ0) is 23.0. The summed E-state index contributed by atoms with van der Waals surface area (Å²) in [7, 11) is 3.13. The Kier molecular flexibility index (Phi) is 11.5. The molecule has 0 atom stereocenters. The third-order valence-corrected chi connectivity index (χ3v) is 4.77. The number of hydrogen-bond acceptors (Lipinski definition) is 6. The Morgan fingerprint density at radius 3 is 2.22 bits per heavy atom. The molecule has 2 aromatic carbocycles. The fraction of sp³-hybridized carbons (Fsp3) is 0.440. The molecule has 7 nitrogen and oxygen atoms in total. The predicted molar refractivity (Wildman–Crippen MR) is 126 cm³/mol. The molecule has 2 rings (SSSR count). The molecule has 1 amide bonds. The van der Waals surface area contributed by atoms with E-state index in [1.165, 1.54) is 38.3 Å². The van der Waals surface area contributed by atoms with Crippen molar-refractivity contribution in [3.8, 4) is 23.0 Å². The van der Waals surface area contributed by atoms with Gasteiger partial charge >= 0.3 is 0 Å². The Bertz CT molecular complexity index is 837. The third-order valence-electron chi connectivity index (χ3n) is 4.77. The van der Waals surface area contributed by atoms with Gasteiger partial charge in [-0.25, -0.2) is 5.43 Å². The Hall–Kier alpha value is -3.22. The molecule has 0 fully saturated rings. The van der Waals surface area contributed by atoms with Gasteiger partial charge in [-0.1, -0.05) is 39.0 Å². The standard InChI is InChI=1S/C25H34N2O5/c1-4-5-6-7-8-9-16-31-21-11-13-22(14-12-21)32-19-25(28)27-26-18-20-10-15-23(29-2)24(17-20)30-3/h10-15,17-18H,4-9,16,19H2,1-3H3,(H,27,28). The Labute approximate surface area is 190 Å². The second kappa shape index (κ2) is 14.7. The second-order valence-corrected chi connectivity index (χ2v) is 7.28. The largest absolute Gasteiger partial charge is 0.494 e. The summed E-state index contributed by atoms with van der Waals surface area (Å²) < 4.78 is 21.7. The fourth-order valence-electron chi connectivity index (χ4n) is 3.00. The molecule has 0 aromatic heterocycles. The summed E-state index contributed by atoms with van der Waals surface area (Å²) in [5.74, 6) is 2.25. The van der Waals surface area contributed by atoms with E-state index >= 15 is 0 Å². The van der Waals surface area contributed by atoms with Crippen LogP contribution in [0.5, 0.6) is 23.0 Å². The number of methoxy groups -OCH3 is 2. The number of nitrogens with one attached hydrogen (secondary N) is 1. The number of carbonyl (C=O) groups excluding carboxylic acids is 1. The average molecular weight is 443 g/mol. The van der Waals surface area contributed by atoms with Crippen LogP contribution in [-0.4, -0.2) is 39.6 Å².